The van der Waals surface area contributed by atoms with Crippen LogP contribution in [0.1, 0.15) is 35.1 Å². The molecule has 82 heavy (non-hydrogen) atoms. The van der Waals surface area contributed by atoms with Gasteiger partial charge in [0.1, 0.15) is 5.58 Å². The number of fused-ring (bicyclic) bond motifs is 11. The zero-order valence-corrected chi connectivity index (χ0v) is 45.5. The van der Waals surface area contributed by atoms with Gasteiger partial charge in [0.2, 0.25) is 5.71 Å². The fourth-order valence-corrected chi connectivity index (χ4v) is 12.2. The smallest absolute Gasteiger partial charge is 0.439 e. The van der Waals surface area contributed by atoms with Crippen molar-refractivity contribution in [1.29, 1.82) is 0 Å². The standard InChI is InChI=1S/C44H28N2O.C30H28BNO2.CH4/c1-4-12-29(13-5-1)30-20-23-39-36(26-30)37-27-31(21-24-40(37)45(39)33-14-6-2-7-15-33)32-22-25-41-38(28-32)43-35-18-10-11-19-42(35)47-44(43)46(41)34-16-8-3-9-17-34;1-29(2)30(3,4)34-31(33-29)23-16-18-28-26(20-23)25-19-22(21-11-7-5-8-12-21)15-17-27(25)32(28)24-13-9-6-10-14-24;/h1-28H;5-20H,1-4H3;1H4. The molecule has 0 aliphatic carbocycles. The predicted octanol–water partition coefficient (Wildman–Crippen LogP) is 19.3. The molecule has 396 valence electrons. The fraction of sp³-hybridized carbons (Fsp3) is 0.0933. The Morgan fingerprint density at radius 3 is 1.10 bits per heavy atom. The van der Waals surface area contributed by atoms with Gasteiger partial charge in [0.15, 0.2) is 0 Å². The van der Waals surface area contributed by atoms with Crippen LogP contribution in [-0.4, -0.2) is 32.0 Å². The van der Waals surface area contributed by atoms with E-state index in [2.05, 4.69) is 302 Å². The van der Waals surface area contributed by atoms with Crippen LogP contribution in [0.15, 0.2) is 271 Å². The summed E-state index contributed by atoms with van der Waals surface area (Å²) in [5.74, 6) is 0. The van der Waals surface area contributed by atoms with Gasteiger partial charge in [-0.2, -0.15) is 0 Å². The van der Waals surface area contributed by atoms with Crippen molar-refractivity contribution in [3.8, 4) is 50.4 Å². The molecular formula is C75H60BN3O3. The summed E-state index contributed by atoms with van der Waals surface area (Å²) in [6.45, 7) is 8.38. The maximum atomic E-state index is 6.53. The highest BCUT2D eigenvalue weighted by Gasteiger charge is 2.51. The lowest BCUT2D eigenvalue weighted by Crippen LogP contribution is -2.41. The second-order valence-electron chi connectivity index (χ2n) is 22.3. The zero-order valence-electron chi connectivity index (χ0n) is 45.5. The molecule has 11 aromatic carbocycles. The second-order valence-corrected chi connectivity index (χ2v) is 22.3. The molecule has 6 nitrogen and oxygen atoms in total. The van der Waals surface area contributed by atoms with Crippen LogP contribution < -0.4 is 5.46 Å². The molecule has 4 aromatic heterocycles. The molecule has 1 saturated heterocycles. The van der Waals surface area contributed by atoms with Gasteiger partial charge in [0.25, 0.3) is 0 Å². The minimum atomic E-state index is -0.387. The molecule has 0 N–H and O–H groups in total. The molecule has 1 fully saturated rings. The first kappa shape index (κ1) is 50.6. The van der Waals surface area contributed by atoms with Gasteiger partial charge in [-0.25, -0.2) is 0 Å². The van der Waals surface area contributed by atoms with E-state index in [-0.39, 0.29) is 25.7 Å². The molecule has 0 amide bonds. The van der Waals surface area contributed by atoms with Gasteiger partial charge in [-0.1, -0.05) is 177 Å². The number of furan rings is 1. The van der Waals surface area contributed by atoms with Crippen LogP contribution in [0.3, 0.4) is 0 Å². The number of aromatic nitrogens is 3. The highest BCUT2D eigenvalue weighted by atomic mass is 16.7. The van der Waals surface area contributed by atoms with Gasteiger partial charge < -0.3 is 22.9 Å². The van der Waals surface area contributed by atoms with E-state index in [1.165, 1.54) is 82.4 Å². The Balaban J connectivity index is 0.000000153. The molecule has 15 aromatic rings. The van der Waals surface area contributed by atoms with E-state index in [1.807, 2.05) is 6.07 Å². The number of benzene rings is 11. The summed E-state index contributed by atoms with van der Waals surface area (Å²) in [4.78, 5) is 0. The largest absolute Gasteiger partial charge is 0.494 e. The molecule has 0 spiro atoms. The zero-order chi connectivity index (χ0) is 54.4. The second kappa shape index (κ2) is 19.9. The van der Waals surface area contributed by atoms with E-state index in [1.54, 1.807) is 0 Å². The summed E-state index contributed by atoms with van der Waals surface area (Å²) in [5, 5.41) is 8.36. The number of para-hydroxylation sites is 4. The van der Waals surface area contributed by atoms with Crippen molar-refractivity contribution in [1.82, 2.24) is 13.7 Å². The number of nitrogens with zero attached hydrogens (tertiary/aromatic N) is 3. The monoisotopic (exact) mass is 1060 g/mol. The average Bonchev–Trinajstić information content (AvgIpc) is 2.43. The van der Waals surface area contributed by atoms with E-state index in [9.17, 15) is 0 Å². The summed E-state index contributed by atoms with van der Waals surface area (Å²) in [5.41, 5.74) is 18.6. The number of hydrogen-bond donors (Lipinski definition) is 0. The first-order valence-corrected chi connectivity index (χ1v) is 27.9. The molecular weight excluding hydrogens is 1000 g/mol. The first-order chi connectivity index (χ1) is 39.7. The maximum absolute atomic E-state index is 6.53. The topological polar surface area (TPSA) is 46.4 Å². The van der Waals surface area contributed by atoms with Crippen LogP contribution >= 0.6 is 0 Å². The van der Waals surface area contributed by atoms with Crippen LogP contribution in [0.4, 0.5) is 0 Å². The third kappa shape index (κ3) is 8.34. The SMILES string of the molecule is C.CC1(C)OB(c2ccc3c(c2)c2cc(-c4ccccc4)ccc2n3-c2ccccc2)OC1(C)C.c1ccc(-c2ccc3c(c2)c2cc(-c4ccc5c(c4)c4c6ccccc6oc4n5-c4ccccc4)ccc2n3-c2ccccc2)cc1. The summed E-state index contributed by atoms with van der Waals surface area (Å²) in [6.07, 6.45) is 0. The molecule has 1 aliphatic rings. The normalized spacial score (nSPS) is 13.8. The first-order valence-electron chi connectivity index (χ1n) is 27.9. The molecule has 0 radical (unpaired) electrons. The molecule has 5 heterocycles. The highest BCUT2D eigenvalue weighted by molar-refractivity contribution is 6.62. The number of hydrogen-bond acceptors (Lipinski definition) is 3. The van der Waals surface area contributed by atoms with Crippen LogP contribution in [0.2, 0.25) is 0 Å². The minimum absolute atomic E-state index is 0. The van der Waals surface area contributed by atoms with Crippen LogP contribution in [0.25, 0.3) is 127 Å². The van der Waals surface area contributed by atoms with E-state index in [4.69, 9.17) is 13.7 Å². The molecule has 0 bridgehead atoms. The molecule has 0 unspecified atom stereocenters. The Morgan fingerprint density at radius 1 is 0.305 bits per heavy atom. The van der Waals surface area contributed by atoms with Crippen molar-refractivity contribution in [3.05, 3.63) is 267 Å². The highest BCUT2D eigenvalue weighted by Crippen LogP contribution is 2.43. The van der Waals surface area contributed by atoms with Gasteiger partial charge in [-0.05, 0) is 164 Å². The van der Waals surface area contributed by atoms with Crippen molar-refractivity contribution in [2.45, 2.75) is 46.3 Å². The Bertz CT molecular complexity index is 4850. The van der Waals surface area contributed by atoms with Crippen LogP contribution in [0, 0.1) is 0 Å². The summed E-state index contributed by atoms with van der Waals surface area (Å²) >= 11 is 0. The van der Waals surface area contributed by atoms with Gasteiger partial charge in [0, 0.05) is 49.4 Å². The third-order valence-electron chi connectivity index (χ3n) is 17.0. The Hall–Kier alpha value is -9.66. The van der Waals surface area contributed by atoms with Gasteiger partial charge in [0.05, 0.1) is 44.2 Å². The molecule has 1 aliphatic heterocycles. The predicted molar refractivity (Wildman–Crippen MR) is 344 cm³/mol. The quantitative estimate of drug-likeness (QED) is 0.149. The molecule has 0 saturated carbocycles. The van der Waals surface area contributed by atoms with E-state index >= 15 is 0 Å². The summed E-state index contributed by atoms with van der Waals surface area (Å²) in [7, 11) is -0.387. The lowest BCUT2D eigenvalue weighted by atomic mass is 9.78. The van der Waals surface area contributed by atoms with E-state index in [0.29, 0.717) is 0 Å². The molecule has 7 heteroatoms. The van der Waals surface area contributed by atoms with Crippen molar-refractivity contribution >= 4 is 89.2 Å². The van der Waals surface area contributed by atoms with E-state index in [0.717, 1.165) is 50.1 Å². The molecule has 16 rings (SSSR count). The third-order valence-corrected chi connectivity index (χ3v) is 17.0. The summed E-state index contributed by atoms with van der Waals surface area (Å²) < 4.78 is 26.2. The minimum Gasteiger partial charge on any atom is -0.439 e. The lowest BCUT2D eigenvalue weighted by molar-refractivity contribution is 0.00578. The molecule has 0 atom stereocenters. The van der Waals surface area contributed by atoms with Crippen LogP contribution in [-0.2, 0) is 9.31 Å². The fourth-order valence-electron chi connectivity index (χ4n) is 12.2. The van der Waals surface area contributed by atoms with Crippen molar-refractivity contribution in [2.75, 3.05) is 0 Å². The Kier molecular flexibility index (Phi) is 12.2. The van der Waals surface area contributed by atoms with Crippen molar-refractivity contribution in [2.24, 2.45) is 0 Å². The van der Waals surface area contributed by atoms with Crippen molar-refractivity contribution < 1.29 is 13.7 Å². The van der Waals surface area contributed by atoms with E-state index < -0.39 is 0 Å². The average molecular weight is 1060 g/mol. The Labute approximate surface area is 477 Å². The number of rotatable bonds is 7. The Morgan fingerprint density at radius 2 is 0.646 bits per heavy atom. The van der Waals surface area contributed by atoms with Gasteiger partial charge in [-0.15, -0.1) is 0 Å². The van der Waals surface area contributed by atoms with Crippen molar-refractivity contribution in [3.63, 3.8) is 0 Å². The van der Waals surface area contributed by atoms with Crippen LogP contribution in [0.5, 0.6) is 0 Å². The van der Waals surface area contributed by atoms with Gasteiger partial charge in [-0.3, -0.25) is 4.57 Å². The summed E-state index contributed by atoms with van der Waals surface area (Å²) in [6, 6.07) is 95.2. The lowest BCUT2D eigenvalue weighted by Gasteiger charge is -2.32. The van der Waals surface area contributed by atoms with Gasteiger partial charge >= 0.3 is 7.12 Å². The maximum Gasteiger partial charge on any atom is 0.494 e.